The van der Waals surface area contributed by atoms with Crippen molar-refractivity contribution >= 4 is 10.1 Å². The smallest absolute Gasteiger partial charge is 0.360 e. The molecule has 0 aromatic heterocycles. The third-order valence-electron chi connectivity index (χ3n) is 4.18. The van der Waals surface area contributed by atoms with Crippen LogP contribution < -0.4 is 0 Å². The number of hydrogen-bond acceptors (Lipinski definition) is 4. The Kier molecular flexibility index (Phi) is 3.54. The van der Waals surface area contributed by atoms with E-state index in [2.05, 4.69) is 0 Å². The molecule has 1 aliphatic carbocycles. The Hall–Kier alpha value is -1.12. The summed E-state index contributed by atoms with van der Waals surface area (Å²) in [6.45, 7) is 1.43. The molecule has 2 bridgehead atoms. The molecule has 2 saturated heterocycles. The van der Waals surface area contributed by atoms with Gasteiger partial charge in [0, 0.05) is 0 Å². The summed E-state index contributed by atoms with van der Waals surface area (Å²) in [5, 5.41) is 0. The van der Waals surface area contributed by atoms with Gasteiger partial charge in [0.25, 0.3) is 10.1 Å². The number of ether oxygens (including phenoxy) is 1. The molecule has 3 aliphatic rings. The fourth-order valence-corrected chi connectivity index (χ4v) is 3.99. The van der Waals surface area contributed by atoms with Crippen LogP contribution >= 0.6 is 0 Å². The van der Waals surface area contributed by atoms with Gasteiger partial charge in [0.1, 0.15) is 0 Å². The lowest BCUT2D eigenvalue weighted by Crippen LogP contribution is -2.41. The van der Waals surface area contributed by atoms with Crippen LogP contribution in [0.3, 0.4) is 0 Å². The first-order valence-electron chi connectivity index (χ1n) is 6.82. The van der Waals surface area contributed by atoms with E-state index >= 15 is 0 Å². The standard InChI is InChI=1S/C14H15F3O4S/c1-9-2-4-11(5-3-9)22(18,19)20-8-13-6-10(7-13)12(21-13)14(15,16)17/h2-5,10,12H,6-8H2,1H3. The number of aryl methyl sites for hydroxylation is 1. The van der Waals surface area contributed by atoms with Crippen LogP contribution in [0.5, 0.6) is 0 Å². The minimum Gasteiger partial charge on any atom is -0.360 e. The van der Waals surface area contributed by atoms with Crippen molar-refractivity contribution in [1.82, 2.24) is 0 Å². The van der Waals surface area contributed by atoms with Crippen molar-refractivity contribution in [1.29, 1.82) is 0 Å². The minimum atomic E-state index is -4.42. The van der Waals surface area contributed by atoms with Gasteiger partial charge in [0.2, 0.25) is 0 Å². The Bertz CT molecular complexity index is 660. The minimum absolute atomic E-state index is 0.0178. The van der Waals surface area contributed by atoms with Crippen LogP contribution in [0.4, 0.5) is 13.2 Å². The molecule has 8 heteroatoms. The third-order valence-corrected chi connectivity index (χ3v) is 5.46. The summed E-state index contributed by atoms with van der Waals surface area (Å²) in [5.41, 5.74) is -0.227. The molecule has 0 spiro atoms. The van der Waals surface area contributed by atoms with E-state index in [-0.39, 0.29) is 24.3 Å². The molecule has 1 saturated carbocycles. The summed E-state index contributed by atoms with van der Waals surface area (Å²) in [4.78, 5) is -0.0178. The van der Waals surface area contributed by atoms with Gasteiger partial charge in [0.05, 0.1) is 17.1 Å². The topological polar surface area (TPSA) is 52.6 Å². The zero-order valence-electron chi connectivity index (χ0n) is 11.8. The van der Waals surface area contributed by atoms with Crippen LogP contribution in [0.1, 0.15) is 18.4 Å². The maximum absolute atomic E-state index is 12.7. The number of benzene rings is 1. The Morgan fingerprint density at radius 2 is 1.86 bits per heavy atom. The van der Waals surface area contributed by atoms with Gasteiger partial charge in [-0.2, -0.15) is 21.6 Å². The predicted molar refractivity (Wildman–Crippen MR) is 70.7 cm³/mol. The van der Waals surface area contributed by atoms with Crippen molar-refractivity contribution in [2.75, 3.05) is 6.61 Å². The highest BCUT2D eigenvalue weighted by molar-refractivity contribution is 7.86. The molecule has 122 valence electrons. The molecule has 1 aromatic rings. The fourth-order valence-electron chi connectivity index (χ4n) is 3.02. The first kappa shape index (κ1) is 15.8. The lowest BCUT2D eigenvalue weighted by atomic mass is 9.73. The lowest BCUT2D eigenvalue weighted by Gasteiger charge is -2.34. The van der Waals surface area contributed by atoms with E-state index < -0.39 is 33.9 Å². The normalized spacial score (nSPS) is 31.1. The van der Waals surface area contributed by atoms with Gasteiger partial charge in [0.15, 0.2) is 6.10 Å². The van der Waals surface area contributed by atoms with E-state index in [1.54, 1.807) is 12.1 Å². The monoisotopic (exact) mass is 336 g/mol. The molecule has 0 amide bonds. The van der Waals surface area contributed by atoms with Crippen molar-refractivity contribution in [3.63, 3.8) is 0 Å². The zero-order valence-corrected chi connectivity index (χ0v) is 12.6. The van der Waals surface area contributed by atoms with Gasteiger partial charge in [-0.25, -0.2) is 0 Å². The summed E-state index contributed by atoms with van der Waals surface area (Å²) in [7, 11) is -3.99. The first-order valence-corrected chi connectivity index (χ1v) is 8.23. The molecule has 1 aromatic carbocycles. The highest BCUT2D eigenvalue weighted by Crippen LogP contribution is 2.56. The van der Waals surface area contributed by atoms with E-state index in [1.807, 2.05) is 6.92 Å². The van der Waals surface area contributed by atoms with E-state index in [4.69, 9.17) is 8.92 Å². The molecular formula is C14H15F3O4S. The summed E-state index contributed by atoms with van der Waals surface area (Å²) in [6.07, 6.45) is -5.86. The summed E-state index contributed by atoms with van der Waals surface area (Å²) in [6, 6.07) is 6.05. The number of rotatable bonds is 4. The van der Waals surface area contributed by atoms with E-state index in [0.29, 0.717) is 0 Å². The van der Waals surface area contributed by atoms with Crippen molar-refractivity contribution in [2.45, 2.75) is 42.5 Å². The second kappa shape index (κ2) is 4.94. The molecule has 4 nitrogen and oxygen atoms in total. The Morgan fingerprint density at radius 1 is 1.27 bits per heavy atom. The number of hydrogen-bond donors (Lipinski definition) is 0. The van der Waals surface area contributed by atoms with Crippen LogP contribution in [0.25, 0.3) is 0 Å². The molecule has 0 radical (unpaired) electrons. The SMILES string of the molecule is Cc1ccc(S(=O)(=O)OCC23CC(C2)C(C(F)(F)F)O3)cc1. The van der Waals surface area contributed by atoms with Crippen LogP contribution in [-0.2, 0) is 19.0 Å². The van der Waals surface area contributed by atoms with Gasteiger partial charge in [-0.15, -0.1) is 0 Å². The van der Waals surface area contributed by atoms with Gasteiger partial charge in [-0.05, 0) is 37.8 Å². The third kappa shape index (κ3) is 2.75. The van der Waals surface area contributed by atoms with Crippen molar-refractivity contribution in [3.05, 3.63) is 29.8 Å². The fraction of sp³-hybridized carbons (Fsp3) is 0.571. The number of fused-ring (bicyclic) bond motifs is 1. The Labute approximate surface area is 126 Å². The van der Waals surface area contributed by atoms with Gasteiger partial charge >= 0.3 is 6.18 Å². The molecular weight excluding hydrogens is 321 g/mol. The average Bonchev–Trinajstić information content (AvgIpc) is 2.92. The summed E-state index contributed by atoms with van der Waals surface area (Å²) >= 11 is 0. The molecule has 0 N–H and O–H groups in total. The largest absolute Gasteiger partial charge is 0.414 e. The van der Waals surface area contributed by atoms with Crippen LogP contribution in [0.15, 0.2) is 29.2 Å². The Balaban J connectivity index is 1.65. The highest BCUT2D eigenvalue weighted by Gasteiger charge is 2.65. The van der Waals surface area contributed by atoms with Crippen LogP contribution in [0.2, 0.25) is 0 Å². The predicted octanol–water partition coefficient (Wildman–Crippen LogP) is 2.81. The molecule has 1 atom stereocenters. The maximum Gasteiger partial charge on any atom is 0.414 e. The Morgan fingerprint density at radius 3 is 2.36 bits per heavy atom. The zero-order chi connectivity index (χ0) is 16.2. The molecule has 1 unspecified atom stereocenters. The van der Waals surface area contributed by atoms with Crippen molar-refractivity contribution in [3.8, 4) is 0 Å². The maximum atomic E-state index is 12.7. The second-order valence-electron chi connectivity index (χ2n) is 5.96. The van der Waals surface area contributed by atoms with Gasteiger partial charge in [-0.3, -0.25) is 4.18 Å². The first-order chi connectivity index (χ1) is 10.1. The quantitative estimate of drug-likeness (QED) is 0.794. The van der Waals surface area contributed by atoms with Crippen molar-refractivity contribution in [2.24, 2.45) is 5.92 Å². The van der Waals surface area contributed by atoms with Crippen LogP contribution in [0, 0.1) is 12.8 Å². The molecule has 2 heterocycles. The van der Waals surface area contributed by atoms with Crippen LogP contribution in [-0.4, -0.2) is 32.9 Å². The number of alkyl halides is 3. The second-order valence-corrected chi connectivity index (χ2v) is 7.58. The molecule has 3 fully saturated rings. The van der Waals surface area contributed by atoms with E-state index in [1.165, 1.54) is 12.1 Å². The molecule has 2 aliphatic heterocycles. The lowest BCUT2D eigenvalue weighted by molar-refractivity contribution is -0.218. The van der Waals surface area contributed by atoms with Gasteiger partial charge in [-0.1, -0.05) is 17.7 Å². The highest BCUT2D eigenvalue weighted by atomic mass is 32.2. The van der Waals surface area contributed by atoms with Crippen molar-refractivity contribution < 1.29 is 30.5 Å². The average molecular weight is 336 g/mol. The van der Waals surface area contributed by atoms with Gasteiger partial charge < -0.3 is 4.74 Å². The molecule has 22 heavy (non-hydrogen) atoms. The summed E-state index contributed by atoms with van der Waals surface area (Å²) < 4.78 is 72.1. The summed E-state index contributed by atoms with van der Waals surface area (Å²) in [5.74, 6) is -0.592. The van der Waals surface area contributed by atoms with E-state index in [0.717, 1.165) is 5.56 Å². The molecule has 4 rings (SSSR count). The number of halogens is 3. The van der Waals surface area contributed by atoms with E-state index in [9.17, 15) is 21.6 Å².